The second kappa shape index (κ2) is 4.69. The molecule has 1 rings (SSSR count). The molecule has 0 heterocycles. The minimum atomic E-state index is -0.527. The Morgan fingerprint density at radius 2 is 2.38 bits per heavy atom. The van der Waals surface area contributed by atoms with Gasteiger partial charge >= 0.3 is 0 Å². The predicted octanol–water partition coefficient (Wildman–Crippen LogP) is 3.61. The molecule has 13 heavy (non-hydrogen) atoms. The van der Waals surface area contributed by atoms with Gasteiger partial charge in [0.15, 0.2) is 0 Å². The Balaban J connectivity index is 2.68. The third-order valence-electron chi connectivity index (χ3n) is 3.17. The van der Waals surface area contributed by atoms with Gasteiger partial charge in [0.05, 0.1) is 8.98 Å². The molecule has 0 N–H and O–H groups in total. The summed E-state index contributed by atoms with van der Waals surface area (Å²) < 4.78 is 27.0. The van der Waals surface area contributed by atoms with Crippen molar-refractivity contribution in [2.24, 2.45) is 17.8 Å². The van der Waals surface area contributed by atoms with Gasteiger partial charge in [-0.05, 0) is 30.6 Å². The normalized spacial score (nSPS) is 37.5. The fourth-order valence-electron chi connectivity index (χ4n) is 2.33. The molecule has 0 bridgehead atoms. The van der Waals surface area contributed by atoms with E-state index >= 15 is 0 Å². The molecule has 0 aliphatic heterocycles. The Morgan fingerprint density at radius 1 is 1.62 bits per heavy atom. The summed E-state index contributed by atoms with van der Waals surface area (Å²) >= 11 is 0. The zero-order valence-electron chi connectivity index (χ0n) is 11.8. The first-order valence-corrected chi connectivity index (χ1v) is 5.22. The maximum absolute atomic E-state index is 7.44. The molecule has 1 aliphatic carbocycles. The molecule has 0 aromatic carbocycles. The Labute approximate surface area is 86.4 Å². The molecule has 0 aromatic heterocycles. The Bertz CT molecular complexity index is 259. The lowest BCUT2D eigenvalue weighted by molar-refractivity contribution is 0.0140. The average Bonchev–Trinajstić information content (AvgIpc) is 2.16. The van der Waals surface area contributed by atoms with Crippen LogP contribution in [-0.4, -0.2) is 6.10 Å². The van der Waals surface area contributed by atoms with Crippen molar-refractivity contribution in [3.8, 4) is 0 Å². The molecule has 3 atom stereocenters. The average molecular weight is 185 g/mol. The number of hydrogen-bond donors (Lipinski definition) is 0. The van der Waals surface area contributed by atoms with Gasteiger partial charge in [0.25, 0.3) is 0 Å². The van der Waals surface area contributed by atoms with E-state index in [4.69, 9.17) is 8.85 Å². The van der Waals surface area contributed by atoms with Crippen LogP contribution in [0.4, 0.5) is 0 Å². The third-order valence-corrected chi connectivity index (χ3v) is 3.17. The van der Waals surface area contributed by atoms with Crippen LogP contribution < -0.4 is 0 Å². The van der Waals surface area contributed by atoms with Crippen molar-refractivity contribution in [1.82, 2.24) is 0 Å². The van der Waals surface area contributed by atoms with Crippen LogP contribution in [0, 0.1) is 17.8 Å². The quantitative estimate of drug-likeness (QED) is 0.610. The van der Waals surface area contributed by atoms with E-state index in [1.54, 1.807) is 0 Å². The summed E-state index contributed by atoms with van der Waals surface area (Å²) in [6.07, 6.45) is 3.02. The van der Waals surface area contributed by atoms with Crippen molar-refractivity contribution in [2.75, 3.05) is 0 Å². The zero-order valence-corrected chi connectivity index (χ0v) is 8.84. The van der Waals surface area contributed by atoms with Crippen LogP contribution >= 0.6 is 0 Å². The fraction of sp³-hybridized carbons (Fsp3) is 0.833. The van der Waals surface area contributed by atoms with Crippen molar-refractivity contribution >= 4 is 0 Å². The summed E-state index contributed by atoms with van der Waals surface area (Å²) in [6, 6.07) is 0. The van der Waals surface area contributed by atoms with Crippen molar-refractivity contribution < 1.29 is 8.85 Å². The van der Waals surface area contributed by atoms with Crippen LogP contribution in [0.1, 0.15) is 44.1 Å². The minimum Gasteiger partial charge on any atom is -0.498 e. The third kappa shape index (κ3) is 2.75. The van der Waals surface area contributed by atoms with Gasteiger partial charge in [0, 0.05) is 0 Å². The fourth-order valence-corrected chi connectivity index (χ4v) is 2.33. The van der Waals surface area contributed by atoms with Crippen LogP contribution in [-0.2, 0) is 4.74 Å². The number of hydrogen-bond acceptors (Lipinski definition) is 1. The van der Waals surface area contributed by atoms with Crippen molar-refractivity contribution in [1.29, 1.82) is 0 Å². The van der Waals surface area contributed by atoms with Crippen LogP contribution in [0.3, 0.4) is 0 Å². The van der Waals surface area contributed by atoms with E-state index in [1.807, 2.05) is 0 Å². The summed E-state index contributed by atoms with van der Waals surface area (Å²) in [5, 5.41) is 0. The van der Waals surface area contributed by atoms with Gasteiger partial charge in [0.1, 0.15) is 7.47 Å². The molecule has 0 amide bonds. The first-order chi connectivity index (χ1) is 7.41. The van der Waals surface area contributed by atoms with Gasteiger partial charge < -0.3 is 4.74 Å². The SMILES string of the molecule is [2H]C([2H])=C([2H])O[C@@H]1C[C@H](C)CC[C@H]1C(C)C. The minimum absolute atomic E-state index is 0.0157. The first-order valence-electron chi connectivity index (χ1n) is 6.72. The highest BCUT2D eigenvalue weighted by Crippen LogP contribution is 2.35. The van der Waals surface area contributed by atoms with Gasteiger partial charge in [-0.2, -0.15) is 0 Å². The van der Waals surface area contributed by atoms with Crippen molar-refractivity contribution in [3.05, 3.63) is 12.8 Å². The molecule has 0 radical (unpaired) electrons. The summed E-state index contributed by atoms with van der Waals surface area (Å²) in [5.74, 6) is 1.61. The molecule has 76 valence electrons. The largest absolute Gasteiger partial charge is 0.498 e. The van der Waals surface area contributed by atoms with Gasteiger partial charge in [-0.15, -0.1) is 0 Å². The van der Waals surface area contributed by atoms with E-state index in [0.29, 0.717) is 17.8 Å². The Kier molecular flexibility index (Phi) is 2.49. The van der Waals surface area contributed by atoms with E-state index in [-0.39, 0.29) is 12.3 Å². The molecule has 1 nitrogen and oxygen atoms in total. The highest BCUT2D eigenvalue weighted by Gasteiger charge is 2.31. The monoisotopic (exact) mass is 185 g/mol. The molecule has 0 unspecified atom stereocenters. The molecular formula is C12H22O. The highest BCUT2D eigenvalue weighted by atomic mass is 16.5. The summed E-state index contributed by atoms with van der Waals surface area (Å²) in [5.41, 5.74) is 0. The van der Waals surface area contributed by atoms with E-state index in [1.165, 1.54) is 6.42 Å². The lowest BCUT2D eigenvalue weighted by Gasteiger charge is -2.36. The Hall–Kier alpha value is -0.460. The van der Waals surface area contributed by atoms with Gasteiger partial charge in [-0.1, -0.05) is 33.7 Å². The van der Waals surface area contributed by atoms with E-state index in [9.17, 15) is 0 Å². The van der Waals surface area contributed by atoms with Gasteiger partial charge in [0.2, 0.25) is 0 Å². The highest BCUT2D eigenvalue weighted by molar-refractivity contribution is 4.82. The molecule has 1 saturated carbocycles. The molecule has 0 aromatic rings. The maximum Gasteiger partial charge on any atom is 0.103 e. The Morgan fingerprint density at radius 3 is 3.00 bits per heavy atom. The van der Waals surface area contributed by atoms with Crippen molar-refractivity contribution in [2.45, 2.75) is 46.1 Å². The van der Waals surface area contributed by atoms with Crippen LogP contribution in [0.2, 0.25) is 0 Å². The molecule has 1 heteroatoms. The summed E-state index contributed by atoms with van der Waals surface area (Å²) in [6.45, 7) is 6.02. The van der Waals surface area contributed by atoms with Crippen LogP contribution in [0.25, 0.3) is 0 Å². The second-order valence-corrected chi connectivity index (χ2v) is 4.58. The van der Waals surface area contributed by atoms with E-state index in [0.717, 1.165) is 12.8 Å². The smallest absolute Gasteiger partial charge is 0.103 e. The van der Waals surface area contributed by atoms with Gasteiger partial charge in [-0.25, -0.2) is 0 Å². The predicted molar refractivity (Wildman–Crippen MR) is 56.4 cm³/mol. The lowest BCUT2D eigenvalue weighted by atomic mass is 9.75. The molecular weight excluding hydrogens is 160 g/mol. The molecule has 1 fully saturated rings. The van der Waals surface area contributed by atoms with E-state index in [2.05, 4.69) is 20.8 Å². The first kappa shape index (κ1) is 6.92. The lowest BCUT2D eigenvalue weighted by Crippen LogP contribution is -2.33. The van der Waals surface area contributed by atoms with Crippen molar-refractivity contribution in [3.63, 3.8) is 0 Å². The van der Waals surface area contributed by atoms with Crippen LogP contribution in [0.15, 0.2) is 12.8 Å². The topological polar surface area (TPSA) is 9.23 Å². The summed E-state index contributed by atoms with van der Waals surface area (Å²) in [7, 11) is 0. The van der Waals surface area contributed by atoms with Gasteiger partial charge in [-0.3, -0.25) is 0 Å². The second-order valence-electron chi connectivity index (χ2n) is 4.58. The number of rotatable bonds is 3. The molecule has 0 spiro atoms. The molecule has 1 aliphatic rings. The number of ether oxygens (including phenoxy) is 1. The molecule has 0 saturated heterocycles. The summed E-state index contributed by atoms with van der Waals surface area (Å²) in [4.78, 5) is 0. The van der Waals surface area contributed by atoms with Crippen LogP contribution in [0.5, 0.6) is 0 Å². The maximum atomic E-state index is 7.44. The standard InChI is InChI=1S/C12H22O/c1-5-13-12-8-10(4)6-7-11(12)9(2)3/h5,9-12H,1,6-8H2,2-4H3/t10-,11+,12-/m1/s1/i1D2,5D. The van der Waals surface area contributed by atoms with E-state index < -0.39 is 6.53 Å². The zero-order chi connectivity index (χ0) is 12.3.